The van der Waals surface area contributed by atoms with E-state index in [1.807, 2.05) is 25.2 Å². The zero-order chi connectivity index (χ0) is 11.1. The molecule has 0 N–H and O–H groups in total. The van der Waals surface area contributed by atoms with Gasteiger partial charge in [-0.25, -0.2) is 0 Å². The maximum absolute atomic E-state index is 9.11. The second kappa shape index (κ2) is 3.07. The molecule has 1 aromatic carbocycles. The average molecular weight is 207 g/mol. The van der Waals surface area contributed by atoms with Crippen molar-refractivity contribution in [3.63, 3.8) is 0 Å². The number of fused-ring (bicyclic) bond motifs is 3. The van der Waals surface area contributed by atoms with Crippen LogP contribution in [0.15, 0.2) is 36.7 Å². The highest BCUT2D eigenvalue weighted by atomic mass is 14.9. The van der Waals surface area contributed by atoms with Gasteiger partial charge in [0.2, 0.25) is 0 Å². The number of nitrogens with zero attached hydrogens (tertiary/aromatic N) is 3. The maximum Gasteiger partial charge on any atom is 0.101 e. The van der Waals surface area contributed by atoms with E-state index in [0.29, 0.717) is 5.56 Å². The van der Waals surface area contributed by atoms with Gasteiger partial charge in [0, 0.05) is 29.5 Å². The van der Waals surface area contributed by atoms with E-state index in [1.54, 1.807) is 12.4 Å². The zero-order valence-electron chi connectivity index (χ0n) is 8.81. The molecule has 0 bridgehead atoms. The molecule has 3 rings (SSSR count). The third-order valence-electron chi connectivity index (χ3n) is 2.94. The summed E-state index contributed by atoms with van der Waals surface area (Å²) in [6, 6.07) is 10.3. The molecular formula is C13H9N3. The Kier molecular flexibility index (Phi) is 1.72. The van der Waals surface area contributed by atoms with Crippen molar-refractivity contribution in [1.82, 2.24) is 9.55 Å². The number of para-hydroxylation sites is 1. The van der Waals surface area contributed by atoms with Crippen molar-refractivity contribution in [2.45, 2.75) is 0 Å². The Bertz CT molecular complexity index is 732. The summed E-state index contributed by atoms with van der Waals surface area (Å²) in [5.74, 6) is 0. The largest absolute Gasteiger partial charge is 0.342 e. The fourth-order valence-corrected chi connectivity index (χ4v) is 2.18. The molecule has 3 nitrogen and oxygen atoms in total. The van der Waals surface area contributed by atoms with Crippen LogP contribution in [0, 0.1) is 11.3 Å². The Labute approximate surface area is 92.6 Å². The van der Waals surface area contributed by atoms with Crippen LogP contribution < -0.4 is 0 Å². The van der Waals surface area contributed by atoms with Crippen LogP contribution in [-0.2, 0) is 7.05 Å². The number of pyridine rings is 1. The first-order valence-electron chi connectivity index (χ1n) is 5.04. The van der Waals surface area contributed by atoms with E-state index in [0.717, 1.165) is 21.8 Å². The first kappa shape index (κ1) is 8.93. The summed E-state index contributed by atoms with van der Waals surface area (Å²) in [7, 11) is 1.99. The summed E-state index contributed by atoms with van der Waals surface area (Å²) in [6.45, 7) is 0. The molecule has 0 amide bonds. The SMILES string of the molecule is Cn1c2ccccc2c2c(C#N)cncc21. The van der Waals surface area contributed by atoms with Gasteiger partial charge in [-0.05, 0) is 6.07 Å². The third kappa shape index (κ3) is 0.986. The lowest BCUT2D eigenvalue weighted by Gasteiger charge is -1.96. The number of rotatable bonds is 0. The number of hydrogen-bond donors (Lipinski definition) is 0. The lowest BCUT2D eigenvalue weighted by atomic mass is 10.1. The van der Waals surface area contributed by atoms with Crippen molar-refractivity contribution in [3.8, 4) is 6.07 Å². The van der Waals surface area contributed by atoms with Crippen molar-refractivity contribution in [1.29, 1.82) is 5.26 Å². The number of hydrogen-bond acceptors (Lipinski definition) is 2. The number of benzene rings is 1. The van der Waals surface area contributed by atoms with E-state index in [9.17, 15) is 0 Å². The van der Waals surface area contributed by atoms with Crippen LogP contribution in [0.2, 0.25) is 0 Å². The number of aromatic nitrogens is 2. The third-order valence-corrected chi connectivity index (χ3v) is 2.94. The molecule has 0 fully saturated rings. The zero-order valence-corrected chi connectivity index (χ0v) is 8.81. The molecule has 0 saturated heterocycles. The highest BCUT2D eigenvalue weighted by molar-refractivity contribution is 6.10. The molecule has 0 spiro atoms. The minimum atomic E-state index is 0.634. The van der Waals surface area contributed by atoms with Crippen molar-refractivity contribution in [2.24, 2.45) is 7.05 Å². The number of nitriles is 1. The maximum atomic E-state index is 9.11. The Morgan fingerprint density at radius 1 is 1.19 bits per heavy atom. The van der Waals surface area contributed by atoms with Crippen molar-refractivity contribution < 1.29 is 0 Å². The Morgan fingerprint density at radius 2 is 2.00 bits per heavy atom. The molecule has 0 aliphatic heterocycles. The van der Waals surface area contributed by atoms with Gasteiger partial charge in [0.25, 0.3) is 0 Å². The summed E-state index contributed by atoms with van der Waals surface area (Å²) < 4.78 is 2.07. The van der Waals surface area contributed by atoms with Crippen molar-refractivity contribution in [3.05, 3.63) is 42.2 Å². The molecule has 2 aromatic heterocycles. The molecule has 0 radical (unpaired) electrons. The smallest absolute Gasteiger partial charge is 0.101 e. The Balaban J connectivity index is 2.69. The van der Waals surface area contributed by atoms with E-state index in [1.165, 1.54) is 0 Å². The van der Waals surface area contributed by atoms with Crippen LogP contribution >= 0.6 is 0 Å². The van der Waals surface area contributed by atoms with Crippen LogP contribution in [-0.4, -0.2) is 9.55 Å². The summed E-state index contributed by atoms with van der Waals surface area (Å²) in [5, 5.41) is 11.2. The van der Waals surface area contributed by atoms with Crippen LogP contribution in [0.1, 0.15) is 5.56 Å². The fraction of sp³-hybridized carbons (Fsp3) is 0.0769. The van der Waals surface area contributed by atoms with Gasteiger partial charge in [-0.1, -0.05) is 18.2 Å². The van der Waals surface area contributed by atoms with Crippen molar-refractivity contribution in [2.75, 3.05) is 0 Å². The normalized spacial score (nSPS) is 10.8. The molecule has 0 atom stereocenters. The minimum absolute atomic E-state index is 0.634. The Hall–Kier alpha value is -2.34. The average Bonchev–Trinajstić information content (AvgIpc) is 2.64. The molecule has 0 unspecified atom stereocenters. The van der Waals surface area contributed by atoms with E-state index in [4.69, 9.17) is 5.26 Å². The van der Waals surface area contributed by atoms with E-state index >= 15 is 0 Å². The molecular weight excluding hydrogens is 198 g/mol. The second-order valence-electron chi connectivity index (χ2n) is 3.77. The summed E-state index contributed by atoms with van der Waals surface area (Å²) in [4.78, 5) is 4.10. The summed E-state index contributed by atoms with van der Waals surface area (Å²) in [5.41, 5.74) is 2.76. The highest BCUT2D eigenvalue weighted by Crippen LogP contribution is 2.29. The molecule has 3 heteroatoms. The molecule has 16 heavy (non-hydrogen) atoms. The van der Waals surface area contributed by atoms with Crippen LogP contribution in [0.25, 0.3) is 21.8 Å². The molecule has 0 saturated carbocycles. The van der Waals surface area contributed by atoms with Gasteiger partial charge in [0.05, 0.1) is 17.3 Å². The molecule has 0 aliphatic rings. The van der Waals surface area contributed by atoms with Gasteiger partial charge in [-0.15, -0.1) is 0 Å². The first-order chi connectivity index (χ1) is 7.83. The molecule has 3 aromatic rings. The molecule has 2 heterocycles. The predicted molar refractivity (Wildman–Crippen MR) is 62.9 cm³/mol. The van der Waals surface area contributed by atoms with Gasteiger partial charge in [0.15, 0.2) is 0 Å². The topological polar surface area (TPSA) is 41.6 Å². The highest BCUT2D eigenvalue weighted by Gasteiger charge is 2.10. The van der Waals surface area contributed by atoms with E-state index < -0.39 is 0 Å². The minimum Gasteiger partial charge on any atom is -0.342 e. The number of aryl methyl sites for hydroxylation is 1. The molecule has 0 aliphatic carbocycles. The van der Waals surface area contributed by atoms with Gasteiger partial charge in [-0.2, -0.15) is 5.26 Å². The lowest BCUT2D eigenvalue weighted by molar-refractivity contribution is 1.01. The van der Waals surface area contributed by atoms with Crippen LogP contribution in [0.3, 0.4) is 0 Å². The van der Waals surface area contributed by atoms with Gasteiger partial charge in [0.1, 0.15) is 6.07 Å². The summed E-state index contributed by atoms with van der Waals surface area (Å²) in [6.07, 6.45) is 3.42. The van der Waals surface area contributed by atoms with Crippen molar-refractivity contribution >= 4 is 21.8 Å². The summed E-state index contributed by atoms with van der Waals surface area (Å²) >= 11 is 0. The van der Waals surface area contributed by atoms with E-state index in [2.05, 4.69) is 21.7 Å². The van der Waals surface area contributed by atoms with E-state index in [-0.39, 0.29) is 0 Å². The first-order valence-corrected chi connectivity index (χ1v) is 5.04. The standard InChI is InChI=1S/C13H9N3/c1-16-11-5-3-2-4-10(11)13-9(6-14)7-15-8-12(13)16/h2-5,7-8H,1H3. The van der Waals surface area contributed by atoms with Gasteiger partial charge < -0.3 is 4.57 Å². The lowest BCUT2D eigenvalue weighted by Crippen LogP contribution is -1.87. The fourth-order valence-electron chi connectivity index (χ4n) is 2.18. The van der Waals surface area contributed by atoms with Crippen LogP contribution in [0.4, 0.5) is 0 Å². The monoisotopic (exact) mass is 207 g/mol. The Morgan fingerprint density at radius 3 is 2.81 bits per heavy atom. The predicted octanol–water partition coefficient (Wildman–Crippen LogP) is 2.60. The molecule has 76 valence electrons. The van der Waals surface area contributed by atoms with Gasteiger partial charge in [-0.3, -0.25) is 4.98 Å². The quantitative estimate of drug-likeness (QED) is 0.568. The van der Waals surface area contributed by atoms with Crippen LogP contribution in [0.5, 0.6) is 0 Å². The second-order valence-corrected chi connectivity index (χ2v) is 3.77. The van der Waals surface area contributed by atoms with Gasteiger partial charge >= 0.3 is 0 Å².